The highest BCUT2D eigenvalue weighted by molar-refractivity contribution is 5.85. The van der Waals surface area contributed by atoms with Crippen molar-refractivity contribution in [1.82, 2.24) is 15.5 Å². The van der Waals surface area contributed by atoms with Crippen molar-refractivity contribution in [2.24, 2.45) is 5.41 Å². The van der Waals surface area contributed by atoms with Crippen LogP contribution in [0.3, 0.4) is 0 Å². The summed E-state index contributed by atoms with van der Waals surface area (Å²) in [7, 11) is 0. The van der Waals surface area contributed by atoms with E-state index in [9.17, 15) is 4.79 Å². The quantitative estimate of drug-likeness (QED) is 0.828. The summed E-state index contributed by atoms with van der Waals surface area (Å²) in [6.07, 6.45) is 4.93. The molecule has 0 saturated carbocycles. The normalized spacial score (nSPS) is 28.1. The maximum atomic E-state index is 12.2. The van der Waals surface area contributed by atoms with Gasteiger partial charge in [-0.1, -0.05) is 6.42 Å². The van der Waals surface area contributed by atoms with E-state index in [0.717, 1.165) is 26.1 Å². The van der Waals surface area contributed by atoms with Gasteiger partial charge in [0.2, 0.25) is 5.91 Å². The molecule has 2 saturated heterocycles. The minimum atomic E-state index is -0.198. The van der Waals surface area contributed by atoms with Gasteiger partial charge in [0.1, 0.15) is 0 Å². The first-order valence-electron chi connectivity index (χ1n) is 7.34. The Morgan fingerprint density at radius 1 is 1.30 bits per heavy atom. The van der Waals surface area contributed by atoms with E-state index in [1.54, 1.807) is 0 Å². The van der Waals surface area contributed by atoms with E-state index in [2.05, 4.69) is 29.4 Å². The van der Waals surface area contributed by atoms with Crippen LogP contribution < -0.4 is 10.6 Å². The molecule has 6 heteroatoms. The SMILES string of the molecule is CC(CN1CCCCC1)NC(=O)C1(C)CCNC1.Cl.Cl. The number of hydrogen-bond donors (Lipinski definition) is 2. The van der Waals surface area contributed by atoms with Crippen molar-refractivity contribution in [3.63, 3.8) is 0 Å². The van der Waals surface area contributed by atoms with E-state index in [4.69, 9.17) is 0 Å². The van der Waals surface area contributed by atoms with Crippen LogP contribution in [0.2, 0.25) is 0 Å². The maximum Gasteiger partial charge on any atom is 0.227 e. The molecule has 2 aliphatic rings. The molecule has 0 bridgehead atoms. The molecule has 0 radical (unpaired) electrons. The van der Waals surface area contributed by atoms with Gasteiger partial charge in [-0.3, -0.25) is 4.79 Å². The zero-order valence-electron chi connectivity index (χ0n) is 12.6. The second-order valence-electron chi connectivity index (χ2n) is 6.22. The van der Waals surface area contributed by atoms with Crippen molar-refractivity contribution in [1.29, 1.82) is 0 Å². The summed E-state index contributed by atoms with van der Waals surface area (Å²) in [6.45, 7) is 9.35. The lowest BCUT2D eigenvalue weighted by Gasteiger charge is -2.31. The van der Waals surface area contributed by atoms with Gasteiger partial charge >= 0.3 is 0 Å². The lowest BCUT2D eigenvalue weighted by Crippen LogP contribution is -2.48. The molecule has 2 atom stereocenters. The molecule has 4 nitrogen and oxygen atoms in total. The average Bonchev–Trinajstić information content (AvgIpc) is 2.78. The number of carbonyl (C=O) groups is 1. The topological polar surface area (TPSA) is 44.4 Å². The first-order chi connectivity index (χ1) is 8.60. The number of likely N-dealkylation sites (tertiary alicyclic amines) is 1. The van der Waals surface area contributed by atoms with Crippen LogP contribution in [-0.4, -0.2) is 49.6 Å². The highest BCUT2D eigenvalue weighted by Crippen LogP contribution is 2.24. The van der Waals surface area contributed by atoms with E-state index in [-0.39, 0.29) is 42.2 Å². The number of nitrogens with zero attached hydrogens (tertiary/aromatic N) is 1. The highest BCUT2D eigenvalue weighted by atomic mass is 35.5. The van der Waals surface area contributed by atoms with Crippen molar-refractivity contribution in [3.05, 3.63) is 0 Å². The first kappa shape index (κ1) is 20.0. The molecule has 2 fully saturated rings. The fraction of sp³-hybridized carbons (Fsp3) is 0.929. The largest absolute Gasteiger partial charge is 0.352 e. The van der Waals surface area contributed by atoms with Gasteiger partial charge < -0.3 is 15.5 Å². The third-order valence-corrected chi connectivity index (χ3v) is 4.28. The summed E-state index contributed by atoms with van der Waals surface area (Å²) in [6, 6.07) is 0.257. The van der Waals surface area contributed by atoms with Crippen LogP contribution in [0.1, 0.15) is 39.5 Å². The molecular formula is C14H29Cl2N3O. The van der Waals surface area contributed by atoms with Gasteiger partial charge in [-0.25, -0.2) is 0 Å². The van der Waals surface area contributed by atoms with Crippen molar-refractivity contribution < 1.29 is 4.79 Å². The fourth-order valence-electron chi connectivity index (χ4n) is 2.98. The molecule has 2 heterocycles. The second kappa shape index (κ2) is 9.08. The molecule has 0 aromatic heterocycles. The summed E-state index contributed by atoms with van der Waals surface area (Å²) >= 11 is 0. The van der Waals surface area contributed by atoms with Crippen LogP contribution in [0.15, 0.2) is 0 Å². The summed E-state index contributed by atoms with van der Waals surface area (Å²) in [5.74, 6) is 0.219. The van der Waals surface area contributed by atoms with Crippen molar-refractivity contribution in [3.8, 4) is 0 Å². The summed E-state index contributed by atoms with van der Waals surface area (Å²) in [5.41, 5.74) is -0.198. The third kappa shape index (κ3) is 5.40. The van der Waals surface area contributed by atoms with Gasteiger partial charge in [-0.15, -0.1) is 24.8 Å². The van der Waals surface area contributed by atoms with E-state index in [1.165, 1.54) is 32.4 Å². The van der Waals surface area contributed by atoms with Crippen molar-refractivity contribution in [2.45, 2.75) is 45.6 Å². The van der Waals surface area contributed by atoms with Gasteiger partial charge in [0.15, 0.2) is 0 Å². The Balaban J connectivity index is 0.00000180. The number of nitrogens with one attached hydrogen (secondary N) is 2. The van der Waals surface area contributed by atoms with Gasteiger partial charge in [0.25, 0.3) is 0 Å². The predicted molar refractivity (Wildman–Crippen MR) is 88.0 cm³/mol. The average molecular weight is 326 g/mol. The lowest BCUT2D eigenvalue weighted by molar-refractivity contribution is -0.130. The molecule has 120 valence electrons. The van der Waals surface area contributed by atoms with Crippen molar-refractivity contribution in [2.75, 3.05) is 32.7 Å². The molecular weight excluding hydrogens is 297 g/mol. The molecule has 0 aliphatic carbocycles. The molecule has 0 aromatic rings. The van der Waals surface area contributed by atoms with Crippen LogP contribution in [-0.2, 0) is 4.79 Å². The molecule has 0 aromatic carbocycles. The van der Waals surface area contributed by atoms with Crippen molar-refractivity contribution >= 4 is 30.7 Å². The van der Waals surface area contributed by atoms with Gasteiger partial charge in [-0.2, -0.15) is 0 Å². The number of hydrogen-bond acceptors (Lipinski definition) is 3. The Labute approximate surface area is 135 Å². The molecule has 1 amide bonds. The monoisotopic (exact) mass is 325 g/mol. The molecule has 20 heavy (non-hydrogen) atoms. The Morgan fingerprint density at radius 3 is 2.50 bits per heavy atom. The van der Waals surface area contributed by atoms with Crippen LogP contribution in [0.25, 0.3) is 0 Å². The second-order valence-corrected chi connectivity index (χ2v) is 6.22. The van der Waals surface area contributed by atoms with Crippen LogP contribution in [0.5, 0.6) is 0 Å². The van der Waals surface area contributed by atoms with Gasteiger partial charge in [-0.05, 0) is 52.7 Å². The minimum absolute atomic E-state index is 0. The Hall–Kier alpha value is -0.0300. The van der Waals surface area contributed by atoms with Gasteiger partial charge in [0.05, 0.1) is 5.41 Å². The molecule has 2 unspecified atom stereocenters. The van der Waals surface area contributed by atoms with E-state index >= 15 is 0 Å². The number of amides is 1. The Morgan fingerprint density at radius 2 is 1.95 bits per heavy atom. The lowest BCUT2D eigenvalue weighted by atomic mass is 9.88. The zero-order chi connectivity index (χ0) is 13.0. The maximum absolute atomic E-state index is 12.2. The molecule has 2 rings (SSSR count). The highest BCUT2D eigenvalue weighted by Gasteiger charge is 2.36. The van der Waals surface area contributed by atoms with E-state index < -0.39 is 0 Å². The smallest absolute Gasteiger partial charge is 0.227 e. The Kier molecular flexibility index (Phi) is 9.07. The van der Waals surface area contributed by atoms with Crippen LogP contribution in [0, 0.1) is 5.41 Å². The first-order valence-corrected chi connectivity index (χ1v) is 7.34. The summed E-state index contributed by atoms with van der Waals surface area (Å²) < 4.78 is 0. The fourth-order valence-corrected chi connectivity index (χ4v) is 2.98. The Bertz CT molecular complexity index is 290. The number of piperidine rings is 1. The van der Waals surface area contributed by atoms with Crippen LogP contribution in [0.4, 0.5) is 0 Å². The zero-order valence-corrected chi connectivity index (χ0v) is 14.2. The van der Waals surface area contributed by atoms with E-state index in [0.29, 0.717) is 0 Å². The predicted octanol–water partition coefficient (Wildman–Crippen LogP) is 1.82. The van der Waals surface area contributed by atoms with Gasteiger partial charge in [0, 0.05) is 19.1 Å². The van der Waals surface area contributed by atoms with Crippen LogP contribution >= 0.6 is 24.8 Å². The number of halogens is 2. The third-order valence-electron chi connectivity index (χ3n) is 4.28. The summed E-state index contributed by atoms with van der Waals surface area (Å²) in [4.78, 5) is 14.7. The number of carbonyl (C=O) groups excluding carboxylic acids is 1. The van der Waals surface area contributed by atoms with E-state index in [1.807, 2.05) is 0 Å². The molecule has 0 spiro atoms. The molecule has 2 aliphatic heterocycles. The standard InChI is InChI=1S/C14H27N3O.2ClH/c1-12(10-17-8-4-3-5-9-17)16-13(18)14(2)6-7-15-11-14;;/h12,15H,3-11H2,1-2H3,(H,16,18);2*1H. The molecule has 2 N–H and O–H groups in total. The summed E-state index contributed by atoms with van der Waals surface area (Å²) in [5, 5.41) is 6.47. The number of rotatable bonds is 4. The minimum Gasteiger partial charge on any atom is -0.352 e.